The lowest BCUT2D eigenvalue weighted by Crippen LogP contribution is -2.00. The molecule has 20 heavy (non-hydrogen) atoms. The summed E-state index contributed by atoms with van der Waals surface area (Å²) >= 11 is 0. The standard InChI is InChI=1S/C16H13F2NO/c1-10-7-11-8-13(20-2)4-6-15(11)19(10)16-5-3-12(17)9-14(16)18/h3-9H,1-2H3. The molecule has 0 saturated heterocycles. The second kappa shape index (κ2) is 4.63. The van der Waals surface area contributed by atoms with Crippen molar-refractivity contribution < 1.29 is 13.5 Å². The van der Waals surface area contributed by atoms with E-state index in [1.165, 1.54) is 12.1 Å². The highest BCUT2D eigenvalue weighted by Gasteiger charge is 2.12. The maximum absolute atomic E-state index is 14.0. The van der Waals surface area contributed by atoms with Gasteiger partial charge in [-0.1, -0.05) is 0 Å². The van der Waals surface area contributed by atoms with Crippen LogP contribution >= 0.6 is 0 Å². The number of methoxy groups -OCH3 is 1. The second-order valence-electron chi connectivity index (χ2n) is 4.64. The summed E-state index contributed by atoms with van der Waals surface area (Å²) in [6.45, 7) is 1.88. The highest BCUT2D eigenvalue weighted by Crippen LogP contribution is 2.28. The number of halogens is 2. The molecule has 0 amide bonds. The molecule has 0 aliphatic rings. The number of hydrogen-bond acceptors (Lipinski definition) is 1. The summed E-state index contributed by atoms with van der Waals surface area (Å²) in [6.07, 6.45) is 0. The molecule has 0 N–H and O–H groups in total. The van der Waals surface area contributed by atoms with E-state index in [2.05, 4.69) is 0 Å². The highest BCUT2D eigenvalue weighted by atomic mass is 19.1. The van der Waals surface area contributed by atoms with Crippen LogP contribution in [-0.4, -0.2) is 11.7 Å². The summed E-state index contributed by atoms with van der Waals surface area (Å²) < 4.78 is 34.0. The molecule has 102 valence electrons. The maximum atomic E-state index is 14.0. The monoisotopic (exact) mass is 273 g/mol. The number of benzene rings is 2. The average Bonchev–Trinajstić information content (AvgIpc) is 2.74. The highest BCUT2D eigenvalue weighted by molar-refractivity contribution is 5.84. The van der Waals surface area contributed by atoms with Gasteiger partial charge in [-0.05, 0) is 43.3 Å². The number of hydrogen-bond donors (Lipinski definition) is 0. The quantitative estimate of drug-likeness (QED) is 0.681. The molecular weight excluding hydrogens is 260 g/mol. The van der Waals surface area contributed by atoms with Crippen molar-refractivity contribution in [1.82, 2.24) is 4.57 Å². The van der Waals surface area contributed by atoms with Crippen molar-refractivity contribution in [3.63, 3.8) is 0 Å². The molecule has 2 nitrogen and oxygen atoms in total. The molecule has 0 unspecified atom stereocenters. The molecule has 0 radical (unpaired) electrons. The van der Waals surface area contributed by atoms with Crippen molar-refractivity contribution in [2.45, 2.75) is 6.92 Å². The van der Waals surface area contributed by atoms with Crippen LogP contribution in [0.5, 0.6) is 5.75 Å². The topological polar surface area (TPSA) is 14.2 Å². The largest absolute Gasteiger partial charge is 0.497 e. The van der Waals surface area contributed by atoms with Gasteiger partial charge in [0.2, 0.25) is 0 Å². The number of ether oxygens (including phenoxy) is 1. The van der Waals surface area contributed by atoms with Gasteiger partial charge in [0.15, 0.2) is 0 Å². The lowest BCUT2D eigenvalue weighted by atomic mass is 10.2. The predicted octanol–water partition coefficient (Wildman–Crippen LogP) is 4.23. The minimum absolute atomic E-state index is 0.337. The zero-order valence-electron chi connectivity index (χ0n) is 11.2. The minimum atomic E-state index is -0.582. The number of aryl methyl sites for hydroxylation is 1. The molecule has 0 saturated carbocycles. The van der Waals surface area contributed by atoms with Gasteiger partial charge in [-0.3, -0.25) is 0 Å². The first-order valence-corrected chi connectivity index (χ1v) is 6.21. The molecular formula is C16H13F2NO. The Kier molecular flexibility index (Phi) is 2.93. The van der Waals surface area contributed by atoms with Gasteiger partial charge in [0.1, 0.15) is 17.4 Å². The number of fused-ring (bicyclic) bond motifs is 1. The van der Waals surface area contributed by atoms with Gasteiger partial charge in [0.25, 0.3) is 0 Å². The van der Waals surface area contributed by atoms with E-state index in [9.17, 15) is 8.78 Å². The zero-order chi connectivity index (χ0) is 14.3. The van der Waals surface area contributed by atoms with Crippen molar-refractivity contribution in [2.24, 2.45) is 0 Å². The van der Waals surface area contributed by atoms with Crippen molar-refractivity contribution in [3.8, 4) is 11.4 Å². The molecule has 3 aromatic rings. The molecule has 3 rings (SSSR count). The van der Waals surface area contributed by atoms with Gasteiger partial charge in [-0.25, -0.2) is 8.78 Å². The summed E-state index contributed by atoms with van der Waals surface area (Å²) in [4.78, 5) is 0. The Hall–Kier alpha value is -2.36. The third kappa shape index (κ3) is 1.93. The Balaban J connectivity index is 2.27. The molecule has 0 atom stereocenters. The molecule has 0 aliphatic carbocycles. The summed E-state index contributed by atoms with van der Waals surface area (Å²) in [6, 6.07) is 11.1. The van der Waals surface area contributed by atoms with Crippen LogP contribution in [0, 0.1) is 18.6 Å². The molecule has 0 bridgehead atoms. The van der Waals surface area contributed by atoms with Crippen LogP contribution in [-0.2, 0) is 0 Å². The fraction of sp³-hybridized carbons (Fsp3) is 0.125. The summed E-state index contributed by atoms with van der Waals surface area (Å²) in [5.41, 5.74) is 2.07. The van der Waals surface area contributed by atoms with E-state index in [0.29, 0.717) is 5.69 Å². The zero-order valence-corrected chi connectivity index (χ0v) is 11.2. The van der Waals surface area contributed by atoms with E-state index in [1.807, 2.05) is 31.2 Å². The average molecular weight is 273 g/mol. The predicted molar refractivity (Wildman–Crippen MR) is 74.5 cm³/mol. The fourth-order valence-corrected chi connectivity index (χ4v) is 2.44. The molecule has 1 heterocycles. The van der Waals surface area contributed by atoms with Gasteiger partial charge >= 0.3 is 0 Å². The molecule has 0 spiro atoms. The van der Waals surface area contributed by atoms with Crippen LogP contribution in [0.1, 0.15) is 5.69 Å². The third-order valence-electron chi connectivity index (χ3n) is 3.34. The van der Waals surface area contributed by atoms with E-state index in [0.717, 1.165) is 28.4 Å². The molecule has 2 aromatic carbocycles. The van der Waals surface area contributed by atoms with E-state index >= 15 is 0 Å². The maximum Gasteiger partial charge on any atom is 0.150 e. The van der Waals surface area contributed by atoms with Gasteiger partial charge in [-0.15, -0.1) is 0 Å². The lowest BCUT2D eigenvalue weighted by molar-refractivity contribution is 0.415. The first-order chi connectivity index (χ1) is 9.60. The molecule has 0 aliphatic heterocycles. The second-order valence-corrected chi connectivity index (χ2v) is 4.64. The number of nitrogens with zero attached hydrogens (tertiary/aromatic N) is 1. The van der Waals surface area contributed by atoms with Crippen molar-refractivity contribution >= 4 is 10.9 Å². The van der Waals surface area contributed by atoms with Crippen molar-refractivity contribution in [1.29, 1.82) is 0 Å². The van der Waals surface area contributed by atoms with Crippen molar-refractivity contribution in [2.75, 3.05) is 7.11 Å². The van der Waals surface area contributed by atoms with E-state index < -0.39 is 11.6 Å². The Bertz CT molecular complexity index is 793. The van der Waals surface area contributed by atoms with Crippen LogP contribution in [0.2, 0.25) is 0 Å². The molecule has 1 aromatic heterocycles. The van der Waals surface area contributed by atoms with E-state index in [-0.39, 0.29) is 0 Å². The summed E-state index contributed by atoms with van der Waals surface area (Å²) in [7, 11) is 1.60. The molecule has 4 heteroatoms. The normalized spacial score (nSPS) is 11.0. The first kappa shape index (κ1) is 12.7. The Labute approximate surface area is 115 Å². The van der Waals surface area contributed by atoms with Crippen LogP contribution in [0.25, 0.3) is 16.6 Å². The van der Waals surface area contributed by atoms with Gasteiger partial charge in [0, 0.05) is 17.1 Å². The third-order valence-corrected chi connectivity index (χ3v) is 3.34. The Morgan fingerprint density at radius 2 is 1.80 bits per heavy atom. The van der Waals surface area contributed by atoms with Crippen LogP contribution < -0.4 is 4.74 Å². The van der Waals surface area contributed by atoms with E-state index in [4.69, 9.17) is 4.74 Å². The summed E-state index contributed by atoms with van der Waals surface area (Å²) in [5.74, 6) is -0.419. The van der Waals surface area contributed by atoms with Crippen molar-refractivity contribution in [3.05, 3.63) is 59.8 Å². The summed E-state index contributed by atoms with van der Waals surface area (Å²) in [5, 5.41) is 0.950. The molecule has 0 fully saturated rings. The smallest absolute Gasteiger partial charge is 0.150 e. The van der Waals surface area contributed by atoms with Gasteiger partial charge in [0.05, 0.1) is 18.3 Å². The van der Waals surface area contributed by atoms with Gasteiger partial charge in [-0.2, -0.15) is 0 Å². The van der Waals surface area contributed by atoms with Crippen LogP contribution in [0.15, 0.2) is 42.5 Å². The van der Waals surface area contributed by atoms with Gasteiger partial charge < -0.3 is 9.30 Å². The first-order valence-electron chi connectivity index (χ1n) is 6.21. The van der Waals surface area contributed by atoms with Crippen LogP contribution in [0.3, 0.4) is 0 Å². The Morgan fingerprint density at radius 1 is 1.00 bits per heavy atom. The van der Waals surface area contributed by atoms with E-state index in [1.54, 1.807) is 11.7 Å². The number of aromatic nitrogens is 1. The number of rotatable bonds is 2. The Morgan fingerprint density at radius 3 is 2.50 bits per heavy atom. The lowest BCUT2D eigenvalue weighted by Gasteiger charge is -2.10. The SMILES string of the molecule is COc1ccc2c(c1)cc(C)n2-c1ccc(F)cc1F. The van der Waals surface area contributed by atoms with Crippen LogP contribution in [0.4, 0.5) is 8.78 Å². The minimum Gasteiger partial charge on any atom is -0.497 e. The fourth-order valence-electron chi connectivity index (χ4n) is 2.44.